The summed E-state index contributed by atoms with van der Waals surface area (Å²) in [5.74, 6) is 0.346. The Balaban J connectivity index is 2.32. The lowest BCUT2D eigenvalue weighted by Gasteiger charge is -2.40. The summed E-state index contributed by atoms with van der Waals surface area (Å²) in [6, 6.07) is 3.61. The van der Waals surface area contributed by atoms with E-state index in [1.807, 2.05) is 31.4 Å². The largest absolute Gasteiger partial charge is 0.343 e. The summed E-state index contributed by atoms with van der Waals surface area (Å²) >= 11 is 1.64. The van der Waals surface area contributed by atoms with Gasteiger partial charge in [0.05, 0.1) is 6.04 Å². The van der Waals surface area contributed by atoms with Gasteiger partial charge < -0.3 is 10.2 Å². The van der Waals surface area contributed by atoms with Crippen molar-refractivity contribution in [3.05, 3.63) is 22.4 Å². The summed E-state index contributed by atoms with van der Waals surface area (Å²) in [5.41, 5.74) is 0. The van der Waals surface area contributed by atoms with Crippen molar-refractivity contribution in [2.24, 2.45) is 11.8 Å². The van der Waals surface area contributed by atoms with Crippen LogP contribution in [0.25, 0.3) is 0 Å². The molecule has 1 aromatic rings. The third kappa shape index (κ3) is 2.87. The van der Waals surface area contributed by atoms with Crippen LogP contribution in [0.4, 0.5) is 0 Å². The van der Waals surface area contributed by atoms with E-state index < -0.39 is 6.04 Å². The van der Waals surface area contributed by atoms with Gasteiger partial charge in [0, 0.05) is 4.88 Å². The summed E-state index contributed by atoms with van der Waals surface area (Å²) in [5, 5.41) is 4.82. The quantitative estimate of drug-likeness (QED) is 0.927. The maximum Gasteiger partial charge on any atom is 0.246 e. The Labute approximate surface area is 124 Å². The second-order valence-corrected chi connectivity index (χ2v) is 6.94. The van der Waals surface area contributed by atoms with Crippen molar-refractivity contribution in [2.45, 2.75) is 39.8 Å². The van der Waals surface area contributed by atoms with Gasteiger partial charge in [-0.05, 0) is 23.3 Å². The number of hydrogen-bond acceptors (Lipinski definition) is 3. The Morgan fingerprint density at radius 2 is 2.00 bits per heavy atom. The lowest BCUT2D eigenvalue weighted by atomic mass is 9.95. The highest BCUT2D eigenvalue weighted by atomic mass is 32.1. The number of hydrogen-bond donors (Lipinski definition) is 1. The highest BCUT2D eigenvalue weighted by Crippen LogP contribution is 2.33. The molecule has 0 aliphatic carbocycles. The molecule has 2 heterocycles. The van der Waals surface area contributed by atoms with E-state index in [9.17, 15) is 9.59 Å². The normalized spacial score (nSPS) is 21.5. The minimum atomic E-state index is -0.405. The zero-order valence-electron chi connectivity index (χ0n) is 12.4. The molecular weight excluding hydrogens is 272 g/mol. The summed E-state index contributed by atoms with van der Waals surface area (Å²) < 4.78 is 0. The number of carbonyl (C=O) groups is 2. The molecule has 1 aromatic heterocycles. The van der Waals surface area contributed by atoms with E-state index in [-0.39, 0.29) is 36.2 Å². The van der Waals surface area contributed by atoms with Crippen molar-refractivity contribution >= 4 is 23.2 Å². The Kier molecular flexibility index (Phi) is 4.48. The lowest BCUT2D eigenvalue weighted by Crippen LogP contribution is -2.60. The molecule has 4 nitrogen and oxygen atoms in total. The molecule has 2 amide bonds. The molecule has 0 aromatic carbocycles. The Morgan fingerprint density at radius 1 is 1.30 bits per heavy atom. The number of carbonyl (C=O) groups excluding carboxylic acids is 2. The summed E-state index contributed by atoms with van der Waals surface area (Å²) in [4.78, 5) is 27.5. The van der Waals surface area contributed by atoms with E-state index in [1.54, 1.807) is 16.2 Å². The highest BCUT2D eigenvalue weighted by molar-refractivity contribution is 7.10. The summed E-state index contributed by atoms with van der Waals surface area (Å²) in [6.45, 7) is 8.26. The van der Waals surface area contributed by atoms with Crippen molar-refractivity contribution in [3.8, 4) is 0 Å². The minimum Gasteiger partial charge on any atom is -0.343 e. The predicted molar refractivity (Wildman–Crippen MR) is 80.4 cm³/mol. The fraction of sp³-hybridized carbons (Fsp3) is 0.600. The molecule has 2 atom stereocenters. The van der Waals surface area contributed by atoms with E-state index in [2.05, 4.69) is 19.2 Å². The van der Waals surface area contributed by atoms with Crippen molar-refractivity contribution in [1.29, 1.82) is 0 Å². The third-order valence-corrected chi connectivity index (χ3v) is 4.59. The molecule has 2 rings (SSSR count). The van der Waals surface area contributed by atoms with Gasteiger partial charge in [-0.2, -0.15) is 0 Å². The molecular formula is C15H22N2O2S. The predicted octanol–water partition coefficient (Wildman–Crippen LogP) is 2.43. The smallest absolute Gasteiger partial charge is 0.246 e. The van der Waals surface area contributed by atoms with Gasteiger partial charge in [0.1, 0.15) is 12.6 Å². The SMILES string of the molecule is CC(C)C1NC(=O)CN(C(c2cccs2)C(C)C)C1=O. The Morgan fingerprint density at radius 3 is 2.50 bits per heavy atom. The molecule has 1 fully saturated rings. The van der Waals surface area contributed by atoms with E-state index in [0.29, 0.717) is 0 Å². The van der Waals surface area contributed by atoms with Gasteiger partial charge in [0.25, 0.3) is 0 Å². The molecule has 0 spiro atoms. The van der Waals surface area contributed by atoms with E-state index in [4.69, 9.17) is 0 Å². The first-order valence-electron chi connectivity index (χ1n) is 7.05. The number of amides is 2. The fourth-order valence-electron chi connectivity index (χ4n) is 2.68. The first-order chi connectivity index (χ1) is 9.41. The van der Waals surface area contributed by atoms with Crippen LogP contribution in [0.5, 0.6) is 0 Å². The van der Waals surface area contributed by atoms with Crippen LogP contribution in [-0.2, 0) is 9.59 Å². The van der Waals surface area contributed by atoms with Crippen LogP contribution in [-0.4, -0.2) is 29.3 Å². The molecule has 0 bridgehead atoms. The Bertz CT molecular complexity index is 482. The zero-order chi connectivity index (χ0) is 14.9. The van der Waals surface area contributed by atoms with Crippen molar-refractivity contribution in [1.82, 2.24) is 10.2 Å². The molecule has 1 aliphatic heterocycles. The van der Waals surface area contributed by atoms with Gasteiger partial charge in [-0.15, -0.1) is 11.3 Å². The van der Waals surface area contributed by atoms with Crippen LogP contribution >= 0.6 is 11.3 Å². The number of rotatable bonds is 4. The van der Waals surface area contributed by atoms with Crippen molar-refractivity contribution in [2.75, 3.05) is 6.54 Å². The van der Waals surface area contributed by atoms with Crippen LogP contribution in [0, 0.1) is 11.8 Å². The topological polar surface area (TPSA) is 49.4 Å². The summed E-state index contributed by atoms with van der Waals surface area (Å²) in [6.07, 6.45) is 0. The average molecular weight is 294 g/mol. The average Bonchev–Trinajstić information content (AvgIpc) is 2.86. The number of nitrogens with one attached hydrogen (secondary N) is 1. The van der Waals surface area contributed by atoms with Crippen molar-refractivity contribution in [3.63, 3.8) is 0 Å². The van der Waals surface area contributed by atoms with E-state index in [1.165, 1.54) is 0 Å². The fourth-order valence-corrected chi connectivity index (χ4v) is 3.69. The van der Waals surface area contributed by atoms with Crippen LogP contribution in [0.15, 0.2) is 17.5 Å². The molecule has 5 heteroatoms. The number of thiophene rings is 1. The third-order valence-electron chi connectivity index (χ3n) is 3.65. The first kappa shape index (κ1) is 15.0. The second-order valence-electron chi connectivity index (χ2n) is 5.96. The van der Waals surface area contributed by atoms with Crippen LogP contribution in [0.1, 0.15) is 38.6 Å². The molecule has 1 saturated heterocycles. The molecule has 2 unspecified atom stereocenters. The maximum atomic E-state index is 12.7. The molecule has 1 N–H and O–H groups in total. The van der Waals surface area contributed by atoms with Gasteiger partial charge in [-0.1, -0.05) is 33.8 Å². The van der Waals surface area contributed by atoms with Gasteiger partial charge in [-0.3, -0.25) is 9.59 Å². The number of piperazine rings is 1. The summed E-state index contributed by atoms with van der Waals surface area (Å²) in [7, 11) is 0. The second kappa shape index (κ2) is 5.95. The molecule has 110 valence electrons. The highest BCUT2D eigenvalue weighted by Gasteiger charge is 2.39. The van der Waals surface area contributed by atoms with Gasteiger partial charge in [0.2, 0.25) is 11.8 Å². The standard InChI is InChI=1S/C15H22N2O2S/c1-9(2)13-15(19)17(8-12(18)16-13)14(10(3)4)11-6-5-7-20-11/h5-7,9-10,13-14H,8H2,1-4H3,(H,16,18). The lowest BCUT2D eigenvalue weighted by molar-refractivity contribution is -0.149. The molecule has 0 radical (unpaired) electrons. The first-order valence-corrected chi connectivity index (χ1v) is 7.93. The van der Waals surface area contributed by atoms with Gasteiger partial charge >= 0.3 is 0 Å². The van der Waals surface area contributed by atoms with Crippen molar-refractivity contribution < 1.29 is 9.59 Å². The van der Waals surface area contributed by atoms with Gasteiger partial charge in [-0.25, -0.2) is 0 Å². The van der Waals surface area contributed by atoms with Crippen LogP contribution in [0.3, 0.4) is 0 Å². The molecule has 20 heavy (non-hydrogen) atoms. The number of nitrogens with zero attached hydrogens (tertiary/aromatic N) is 1. The molecule has 0 saturated carbocycles. The van der Waals surface area contributed by atoms with Crippen LogP contribution < -0.4 is 5.32 Å². The van der Waals surface area contributed by atoms with E-state index >= 15 is 0 Å². The minimum absolute atomic E-state index is 0.0187. The maximum absolute atomic E-state index is 12.7. The zero-order valence-corrected chi connectivity index (χ0v) is 13.2. The molecule has 1 aliphatic rings. The monoisotopic (exact) mass is 294 g/mol. The van der Waals surface area contributed by atoms with E-state index in [0.717, 1.165) is 4.88 Å². The Hall–Kier alpha value is -1.36. The van der Waals surface area contributed by atoms with Gasteiger partial charge in [0.15, 0.2) is 0 Å². The van der Waals surface area contributed by atoms with Crippen LogP contribution in [0.2, 0.25) is 0 Å².